The molecule has 0 aliphatic rings. The zero-order chi connectivity index (χ0) is 48.6. The van der Waals surface area contributed by atoms with E-state index in [1.807, 2.05) is 0 Å². The van der Waals surface area contributed by atoms with Crippen LogP contribution in [0.2, 0.25) is 0 Å². The third-order valence-electron chi connectivity index (χ3n) is 8.75. The Balaban J connectivity index is 1.48. The highest BCUT2D eigenvalue weighted by Crippen LogP contribution is 2.56. The molecule has 5 aromatic rings. The minimum Gasteiger partial charge on any atom is -0.444 e. The van der Waals surface area contributed by atoms with Gasteiger partial charge in [0.25, 0.3) is 0 Å². The topological polar surface area (TPSA) is 138 Å². The van der Waals surface area contributed by atoms with Gasteiger partial charge in [0.05, 0.1) is 22.5 Å². The first-order valence-electron chi connectivity index (χ1n) is 18.6. The summed E-state index contributed by atoms with van der Waals surface area (Å²) in [5.74, 6) is -32.1. The smallest absolute Gasteiger partial charge is 0.444 e. The summed E-state index contributed by atoms with van der Waals surface area (Å²) < 4.78 is 176. The first-order valence-corrected chi connectivity index (χ1v) is 18.6. The van der Waals surface area contributed by atoms with Gasteiger partial charge in [-0.05, 0) is 78.6 Å². The van der Waals surface area contributed by atoms with Crippen molar-refractivity contribution in [3.63, 3.8) is 0 Å². The number of allylic oxidation sites excluding steroid dienone is 1. The van der Waals surface area contributed by atoms with Crippen molar-refractivity contribution >= 4 is 35.5 Å². The molecule has 5 rings (SSSR count). The summed E-state index contributed by atoms with van der Waals surface area (Å²) in [5, 5.41) is 4.68. The van der Waals surface area contributed by atoms with Crippen molar-refractivity contribution in [3.05, 3.63) is 160 Å². The molecule has 348 valence electrons. The molecule has 0 radical (unpaired) electrons. The van der Waals surface area contributed by atoms with E-state index in [4.69, 9.17) is 18.9 Å². The van der Waals surface area contributed by atoms with Crippen LogP contribution >= 0.6 is 0 Å². The first-order chi connectivity index (χ1) is 30.9. The summed E-state index contributed by atoms with van der Waals surface area (Å²) in [6.07, 6.45) is -9.47. The highest BCUT2D eigenvalue weighted by atomic mass is 19.4. The van der Waals surface area contributed by atoms with Gasteiger partial charge in [0.15, 0.2) is 11.5 Å². The number of carbonyl (C=O) groups excluding carboxylic acids is 4. The monoisotopic (exact) mass is 940 g/mol. The Morgan fingerprint density at radius 2 is 0.924 bits per heavy atom. The maximum absolute atomic E-state index is 14.9. The average Bonchev–Trinajstić information content (AvgIpc) is 3.26. The molecule has 0 unspecified atom stereocenters. The maximum Gasteiger partial charge on any atom is 0.460 e. The van der Waals surface area contributed by atoms with Crippen LogP contribution in [-0.2, 0) is 22.7 Å². The molecule has 0 saturated heterocycles. The van der Waals surface area contributed by atoms with E-state index in [2.05, 4.69) is 15.4 Å². The number of carbonyl (C=O) groups is 4. The van der Waals surface area contributed by atoms with E-state index in [1.54, 1.807) is 74.5 Å². The minimum atomic E-state index is -7.65. The summed E-state index contributed by atoms with van der Waals surface area (Å²) in [4.78, 5) is 52.5. The number of rotatable bonds is 15. The van der Waals surface area contributed by atoms with Gasteiger partial charge in [-0.15, -0.1) is 0 Å². The lowest BCUT2D eigenvalue weighted by atomic mass is 10.0. The molecule has 2 amide bonds. The van der Waals surface area contributed by atoms with Gasteiger partial charge >= 0.3 is 54.1 Å². The van der Waals surface area contributed by atoms with Crippen molar-refractivity contribution in [2.24, 2.45) is 0 Å². The van der Waals surface area contributed by atoms with Crippen molar-refractivity contribution in [2.45, 2.75) is 51.0 Å². The van der Waals surface area contributed by atoms with Gasteiger partial charge < -0.3 is 23.7 Å². The Labute approximate surface area is 365 Å². The molecule has 0 spiro atoms. The second-order valence-electron chi connectivity index (χ2n) is 13.8. The zero-order valence-electron chi connectivity index (χ0n) is 33.7. The van der Waals surface area contributed by atoms with Crippen LogP contribution in [0, 0.1) is 13.8 Å². The Hall–Kier alpha value is -7.65. The number of amides is 2. The molecule has 0 aliphatic heterocycles. The fourth-order valence-electron chi connectivity index (χ4n) is 5.40. The standard InChI is InChI=1S/C44H31F11N2O9/c1-24-13-15-33(31(17-24)56-39(60)62-22-26-9-5-3-6-10-26)65-37(58)28-19-29(21-30(20-28)64-36(46)35(45)41(47,48)42(49,50)43(51,52)44(53,54)55)38(59)66-34-16-14-25(2)18-32(34)57-40(61)63-23-27-11-7-4-8-12-27/h3-21H,22-23H2,1-2H3,(H,56,60)(H,57,61). The normalized spacial score (nSPS) is 12.3. The van der Waals surface area contributed by atoms with Gasteiger partial charge in [-0.25, -0.2) is 19.2 Å². The van der Waals surface area contributed by atoms with E-state index >= 15 is 0 Å². The SMILES string of the molecule is Cc1ccc(OC(=O)c2cc(OC(F)=C(F)C(F)(F)C(F)(F)C(F)(F)C(F)(F)F)cc(C(=O)Oc3ccc(C)cc3NC(=O)OCc3ccccc3)c2)c(NC(=O)OCc2ccccc2)c1. The molecule has 5 aromatic carbocycles. The Kier molecular flexibility index (Phi) is 15.0. The van der Waals surface area contributed by atoms with Crippen LogP contribution in [-0.4, -0.2) is 48.1 Å². The largest absolute Gasteiger partial charge is 0.460 e. The van der Waals surface area contributed by atoms with Gasteiger partial charge in [-0.3, -0.25) is 10.6 Å². The van der Waals surface area contributed by atoms with Crippen molar-refractivity contribution in [1.29, 1.82) is 0 Å². The molecule has 0 atom stereocenters. The molecular weight excluding hydrogens is 909 g/mol. The van der Waals surface area contributed by atoms with E-state index in [9.17, 15) is 67.5 Å². The lowest BCUT2D eigenvalue weighted by Gasteiger charge is -2.32. The van der Waals surface area contributed by atoms with Gasteiger partial charge in [0.1, 0.15) is 19.0 Å². The Morgan fingerprint density at radius 3 is 1.32 bits per heavy atom. The molecule has 0 saturated carbocycles. The number of alkyl halides is 9. The van der Waals surface area contributed by atoms with Crippen LogP contribution in [0.15, 0.2) is 127 Å². The van der Waals surface area contributed by atoms with Crippen LogP contribution in [0.5, 0.6) is 17.2 Å². The molecule has 11 nitrogen and oxygen atoms in total. The number of anilines is 2. The number of aryl methyl sites for hydroxylation is 2. The van der Waals surface area contributed by atoms with Crippen LogP contribution < -0.4 is 24.8 Å². The van der Waals surface area contributed by atoms with Gasteiger partial charge in [-0.2, -0.15) is 48.3 Å². The summed E-state index contributed by atoms with van der Waals surface area (Å²) >= 11 is 0. The molecular formula is C44H31F11N2O9. The summed E-state index contributed by atoms with van der Waals surface area (Å²) in [5.41, 5.74) is -0.102. The molecule has 0 fully saturated rings. The summed E-state index contributed by atoms with van der Waals surface area (Å²) in [7, 11) is 0. The van der Waals surface area contributed by atoms with Gasteiger partial charge in [-0.1, -0.05) is 72.8 Å². The fraction of sp³-hybridized carbons (Fsp3) is 0.182. The number of hydrogen-bond donors (Lipinski definition) is 2. The average molecular weight is 941 g/mol. The number of hydrogen-bond acceptors (Lipinski definition) is 9. The number of esters is 2. The Bertz CT molecular complexity index is 2490. The molecule has 0 heterocycles. The van der Waals surface area contributed by atoms with E-state index in [0.29, 0.717) is 40.5 Å². The molecule has 0 aliphatic carbocycles. The van der Waals surface area contributed by atoms with Gasteiger partial charge in [0.2, 0.25) is 5.83 Å². The number of nitrogens with one attached hydrogen (secondary N) is 2. The zero-order valence-corrected chi connectivity index (χ0v) is 33.7. The van der Waals surface area contributed by atoms with Crippen LogP contribution in [0.1, 0.15) is 43.0 Å². The van der Waals surface area contributed by atoms with Crippen LogP contribution in [0.4, 0.5) is 69.3 Å². The Morgan fingerprint density at radius 1 is 0.515 bits per heavy atom. The third kappa shape index (κ3) is 11.7. The van der Waals surface area contributed by atoms with E-state index in [0.717, 1.165) is 12.1 Å². The molecule has 2 N–H and O–H groups in total. The van der Waals surface area contributed by atoms with E-state index in [1.165, 1.54) is 24.3 Å². The minimum absolute atomic E-state index is 0.197. The molecule has 0 aromatic heterocycles. The molecule has 0 bridgehead atoms. The van der Waals surface area contributed by atoms with Gasteiger partial charge in [0, 0.05) is 0 Å². The maximum atomic E-state index is 14.9. The first kappa shape index (κ1) is 49.4. The molecule has 66 heavy (non-hydrogen) atoms. The summed E-state index contributed by atoms with van der Waals surface area (Å²) in [6.45, 7) is 2.74. The second-order valence-corrected chi connectivity index (χ2v) is 13.8. The predicted octanol–water partition coefficient (Wildman–Crippen LogP) is 12.2. The van der Waals surface area contributed by atoms with Crippen LogP contribution in [0.25, 0.3) is 0 Å². The lowest BCUT2D eigenvalue weighted by Crippen LogP contribution is -2.61. The third-order valence-corrected chi connectivity index (χ3v) is 8.75. The van der Waals surface area contributed by atoms with Crippen molar-refractivity contribution in [2.75, 3.05) is 10.6 Å². The van der Waals surface area contributed by atoms with Crippen LogP contribution in [0.3, 0.4) is 0 Å². The number of benzene rings is 5. The van der Waals surface area contributed by atoms with E-state index < -0.39 is 88.3 Å². The summed E-state index contributed by atoms with van der Waals surface area (Å²) in [6, 6.07) is 22.2. The fourth-order valence-corrected chi connectivity index (χ4v) is 5.40. The number of ether oxygens (including phenoxy) is 5. The van der Waals surface area contributed by atoms with E-state index in [-0.39, 0.29) is 24.6 Å². The predicted molar refractivity (Wildman–Crippen MR) is 210 cm³/mol. The lowest BCUT2D eigenvalue weighted by molar-refractivity contribution is -0.392. The highest BCUT2D eigenvalue weighted by molar-refractivity contribution is 5.99. The highest BCUT2D eigenvalue weighted by Gasteiger charge is 2.83. The van der Waals surface area contributed by atoms with Crippen molar-refractivity contribution in [3.8, 4) is 17.2 Å². The quantitative estimate of drug-likeness (QED) is 0.0454. The number of halogens is 11. The second kappa shape index (κ2) is 20.0. The van der Waals surface area contributed by atoms with Crippen molar-refractivity contribution in [1.82, 2.24) is 0 Å². The van der Waals surface area contributed by atoms with Crippen molar-refractivity contribution < 1.29 is 91.2 Å². The molecule has 22 heteroatoms.